The number of hydrogen-bond acceptors (Lipinski definition) is 3. The number of aliphatic imine (C=N–C) groups is 1. The van der Waals surface area contributed by atoms with Crippen LogP contribution in [-0.4, -0.2) is 15.7 Å². The fourth-order valence-electron chi connectivity index (χ4n) is 8.33. The van der Waals surface area contributed by atoms with E-state index in [1.54, 1.807) is 0 Å². The lowest BCUT2D eigenvalue weighted by atomic mass is 9.84. The highest BCUT2D eigenvalue weighted by Crippen LogP contribution is 2.50. The van der Waals surface area contributed by atoms with Crippen LogP contribution >= 0.6 is 0 Å². The first-order valence-electron chi connectivity index (χ1n) is 18.1. The summed E-state index contributed by atoms with van der Waals surface area (Å²) in [5, 5.41) is 10.9. The monoisotopic (exact) mass is 673 g/mol. The highest BCUT2D eigenvalue weighted by atomic mass is 14.8. The summed E-state index contributed by atoms with van der Waals surface area (Å²) in [5.74, 6) is 0. The quantitative estimate of drug-likeness (QED) is 0.174. The Morgan fingerprint density at radius 3 is 1.70 bits per heavy atom. The Bertz CT molecular complexity index is 3140. The lowest BCUT2D eigenvalue weighted by molar-refractivity contribution is 1.28. The smallest absolute Gasteiger partial charge is 0.0754 e. The van der Waals surface area contributed by atoms with E-state index in [4.69, 9.17) is 9.98 Å². The first-order valence-corrected chi connectivity index (χ1v) is 18.1. The normalized spacial score (nSPS) is 12.6. The molecule has 0 radical (unpaired) electrons. The van der Waals surface area contributed by atoms with Crippen LogP contribution in [0.25, 0.3) is 87.5 Å². The van der Waals surface area contributed by atoms with Crippen LogP contribution in [0, 0.1) is 0 Å². The molecule has 0 amide bonds. The van der Waals surface area contributed by atoms with Crippen molar-refractivity contribution in [1.82, 2.24) is 9.97 Å². The van der Waals surface area contributed by atoms with E-state index in [0.717, 1.165) is 45.5 Å². The van der Waals surface area contributed by atoms with Crippen molar-refractivity contribution in [3.05, 3.63) is 187 Å². The van der Waals surface area contributed by atoms with Gasteiger partial charge in [-0.15, -0.1) is 0 Å². The van der Waals surface area contributed by atoms with Gasteiger partial charge in [0.15, 0.2) is 0 Å². The van der Waals surface area contributed by atoms with Gasteiger partial charge in [0.1, 0.15) is 0 Å². The van der Waals surface area contributed by atoms with Crippen LogP contribution in [0.1, 0.15) is 11.1 Å². The average Bonchev–Trinajstić information content (AvgIpc) is 3.67. The fraction of sp³-hybridized carbons (Fsp3) is 0.0200. The molecule has 53 heavy (non-hydrogen) atoms. The maximum Gasteiger partial charge on any atom is 0.0754 e. The second-order valence-electron chi connectivity index (χ2n) is 14.0. The number of fused-ring (bicyclic) bond motifs is 7. The summed E-state index contributed by atoms with van der Waals surface area (Å²) in [4.78, 5) is 15.1. The highest BCUT2D eigenvalue weighted by molar-refractivity contribution is 6.26. The predicted octanol–water partition coefficient (Wildman–Crippen LogP) is 12.9. The van der Waals surface area contributed by atoms with Gasteiger partial charge >= 0.3 is 0 Å². The zero-order valence-corrected chi connectivity index (χ0v) is 28.8. The van der Waals surface area contributed by atoms with Crippen LogP contribution in [0.3, 0.4) is 0 Å². The molecule has 3 heteroatoms. The molecule has 0 saturated heterocycles. The predicted molar refractivity (Wildman–Crippen MR) is 222 cm³/mol. The maximum atomic E-state index is 5.50. The van der Waals surface area contributed by atoms with Crippen molar-refractivity contribution in [2.45, 2.75) is 6.42 Å². The molecule has 0 unspecified atom stereocenters. The zero-order chi connectivity index (χ0) is 34.9. The molecule has 0 aliphatic carbocycles. The van der Waals surface area contributed by atoms with Gasteiger partial charge in [-0.25, -0.2) is 0 Å². The fourth-order valence-corrected chi connectivity index (χ4v) is 8.33. The Morgan fingerprint density at radius 2 is 0.981 bits per heavy atom. The molecule has 3 nitrogen and oxygen atoms in total. The minimum Gasteiger partial charge on any atom is -0.256 e. The maximum absolute atomic E-state index is 5.50. The number of hydrogen-bond donors (Lipinski definition) is 0. The molecular weight excluding hydrogens is 643 g/mol. The topological polar surface area (TPSA) is 38.1 Å². The molecule has 0 atom stereocenters. The molecule has 0 fully saturated rings. The van der Waals surface area contributed by atoms with Crippen molar-refractivity contribution in [2.24, 2.45) is 4.99 Å². The Hall–Kier alpha value is -6.97. The van der Waals surface area contributed by atoms with Gasteiger partial charge in [0.05, 0.1) is 22.6 Å². The SMILES string of the molecule is c1ccc2cc(-c3c4ccccc4c(-c4ccc5ccccc5c4)c4c5c(ccc34)CC(c3ccc(-c4cnc6ccccc6c4)nc3)=N5)ccc2c1. The minimum absolute atomic E-state index is 0.749. The van der Waals surface area contributed by atoms with Gasteiger partial charge < -0.3 is 0 Å². The number of rotatable bonds is 4. The van der Waals surface area contributed by atoms with Gasteiger partial charge in [-0.1, -0.05) is 127 Å². The minimum atomic E-state index is 0.749. The van der Waals surface area contributed by atoms with Crippen molar-refractivity contribution in [1.29, 1.82) is 0 Å². The number of aromatic nitrogens is 2. The second-order valence-corrected chi connectivity index (χ2v) is 14.0. The molecule has 1 aliphatic rings. The van der Waals surface area contributed by atoms with Gasteiger partial charge in [-0.2, -0.15) is 0 Å². The zero-order valence-electron chi connectivity index (χ0n) is 28.8. The van der Waals surface area contributed by atoms with E-state index in [2.05, 4.69) is 151 Å². The Morgan fingerprint density at radius 1 is 0.396 bits per heavy atom. The van der Waals surface area contributed by atoms with Crippen molar-refractivity contribution in [2.75, 3.05) is 0 Å². The van der Waals surface area contributed by atoms with Gasteiger partial charge in [-0.3, -0.25) is 15.0 Å². The summed E-state index contributed by atoms with van der Waals surface area (Å²) in [6.07, 6.45) is 4.63. The van der Waals surface area contributed by atoms with Gasteiger partial charge in [-0.05, 0) is 102 Å². The second kappa shape index (κ2) is 11.8. The number of para-hydroxylation sites is 1. The van der Waals surface area contributed by atoms with E-state index in [-0.39, 0.29) is 0 Å². The van der Waals surface area contributed by atoms with E-state index in [0.29, 0.717) is 0 Å². The van der Waals surface area contributed by atoms with E-state index in [9.17, 15) is 0 Å². The van der Waals surface area contributed by atoms with Crippen molar-refractivity contribution in [3.8, 4) is 33.5 Å². The molecule has 10 aromatic rings. The molecule has 1 aliphatic heterocycles. The Labute approximate surface area is 306 Å². The van der Waals surface area contributed by atoms with Gasteiger partial charge in [0.2, 0.25) is 0 Å². The van der Waals surface area contributed by atoms with Crippen molar-refractivity contribution in [3.63, 3.8) is 0 Å². The molecule has 3 heterocycles. The van der Waals surface area contributed by atoms with Crippen LogP contribution < -0.4 is 0 Å². The molecule has 246 valence electrons. The van der Waals surface area contributed by atoms with Crippen molar-refractivity contribution < 1.29 is 0 Å². The molecule has 0 N–H and O–H groups in total. The van der Waals surface area contributed by atoms with Crippen LogP contribution in [-0.2, 0) is 6.42 Å². The number of benzene rings is 8. The summed E-state index contributed by atoms with van der Waals surface area (Å²) in [5.41, 5.74) is 12.1. The van der Waals surface area contributed by atoms with Crippen LogP contribution in [0.15, 0.2) is 181 Å². The lowest BCUT2D eigenvalue weighted by Crippen LogP contribution is -2.01. The largest absolute Gasteiger partial charge is 0.256 e. The van der Waals surface area contributed by atoms with Crippen LogP contribution in [0.4, 0.5) is 5.69 Å². The third kappa shape index (κ3) is 4.86. The lowest BCUT2D eigenvalue weighted by Gasteiger charge is -2.20. The van der Waals surface area contributed by atoms with Crippen LogP contribution in [0.5, 0.6) is 0 Å². The average molecular weight is 674 g/mol. The molecular formula is C50H31N3. The highest BCUT2D eigenvalue weighted by Gasteiger charge is 2.25. The standard InChI is InChI=1S/C50H31N3/c1-3-11-33-25-36(19-17-31(33)9-1)47-41-14-6-7-15-42(41)48(37-20-18-32-10-2-4-12-34(32)26-37)49-43(47)23-21-38-28-46(53-50(38)49)39-22-24-45(51-29-39)40-27-35-13-5-8-16-44(35)52-30-40/h1-27,29-30H,28H2. The first-order chi connectivity index (χ1) is 26.2. The van der Waals surface area contributed by atoms with Crippen molar-refractivity contribution >= 4 is 65.4 Å². The molecule has 0 saturated carbocycles. The molecule has 0 bridgehead atoms. The molecule has 0 spiro atoms. The van der Waals surface area contributed by atoms with Gasteiger partial charge in [0.25, 0.3) is 0 Å². The third-order valence-corrected chi connectivity index (χ3v) is 10.9. The molecule has 8 aromatic carbocycles. The van der Waals surface area contributed by atoms with E-state index in [1.807, 2.05) is 30.6 Å². The summed E-state index contributed by atoms with van der Waals surface area (Å²) >= 11 is 0. The van der Waals surface area contributed by atoms with Gasteiger partial charge in [0, 0.05) is 40.7 Å². The summed E-state index contributed by atoms with van der Waals surface area (Å²) < 4.78 is 0. The van der Waals surface area contributed by atoms with Crippen LogP contribution in [0.2, 0.25) is 0 Å². The summed E-state index contributed by atoms with van der Waals surface area (Å²) in [7, 11) is 0. The van der Waals surface area contributed by atoms with E-state index >= 15 is 0 Å². The third-order valence-electron chi connectivity index (χ3n) is 10.9. The number of nitrogens with zero attached hydrogens (tertiary/aromatic N) is 3. The molecule has 11 rings (SSSR count). The van der Waals surface area contributed by atoms with E-state index < -0.39 is 0 Å². The number of pyridine rings is 2. The summed E-state index contributed by atoms with van der Waals surface area (Å²) in [6.45, 7) is 0. The first kappa shape index (κ1) is 29.7. The molecule has 2 aromatic heterocycles. The Balaban J connectivity index is 1.14. The summed E-state index contributed by atoms with van der Waals surface area (Å²) in [6, 6.07) is 59.1. The van der Waals surface area contributed by atoms with E-state index in [1.165, 1.54) is 70.9 Å². The Kier molecular flexibility index (Phi) is 6.62.